The Bertz CT molecular complexity index is 1410. The molecule has 184 valence electrons. The normalized spacial score (nSPS) is 13.3. The predicted molar refractivity (Wildman–Crippen MR) is 112 cm³/mol. The van der Waals surface area contributed by atoms with E-state index in [9.17, 15) is 31.1 Å². The molecule has 0 aliphatic carbocycles. The second-order valence-corrected chi connectivity index (χ2v) is 7.94. The molecule has 1 atom stereocenters. The topological polar surface area (TPSA) is 77.1 Å². The molecule has 3 aromatic heterocycles. The highest BCUT2D eigenvalue weighted by molar-refractivity contribution is 5.93. The lowest BCUT2D eigenvalue weighted by Gasteiger charge is -2.21. The molecule has 4 aromatic rings. The molecule has 0 spiro atoms. The molecular weight excluding hydrogens is 478 g/mol. The van der Waals surface area contributed by atoms with Crippen LogP contribution in [0.1, 0.15) is 40.4 Å². The Kier molecular flexibility index (Phi) is 5.81. The van der Waals surface area contributed by atoms with Gasteiger partial charge in [0.25, 0.3) is 5.91 Å². The van der Waals surface area contributed by atoms with Crippen molar-refractivity contribution in [3.05, 3.63) is 71.1 Å². The Morgan fingerprint density at radius 2 is 1.71 bits per heavy atom. The molecule has 0 bridgehead atoms. The molecular formula is C22H18F6N6O. The standard InChI is InChI=1S/C22H18F6N6O/c1-11(15-10-33(3)31-12(15)2)29-20(35)17-9-19-30-16(13-4-6-14(23)7-5-13)8-18(34(19)32-17)21(24,25)22(26,27)28/h4-11H,1-3H3,(H,29,35). The van der Waals surface area contributed by atoms with Gasteiger partial charge in [0.15, 0.2) is 11.3 Å². The lowest BCUT2D eigenvalue weighted by molar-refractivity contribution is -0.291. The number of amides is 1. The van der Waals surface area contributed by atoms with Gasteiger partial charge < -0.3 is 5.32 Å². The molecule has 4 rings (SSSR count). The monoisotopic (exact) mass is 496 g/mol. The van der Waals surface area contributed by atoms with Crippen LogP contribution in [0.15, 0.2) is 42.6 Å². The van der Waals surface area contributed by atoms with Gasteiger partial charge in [0, 0.05) is 30.4 Å². The van der Waals surface area contributed by atoms with E-state index in [1.165, 1.54) is 12.1 Å². The molecule has 1 N–H and O–H groups in total. The number of carbonyl (C=O) groups excluding carboxylic acids is 1. The highest BCUT2D eigenvalue weighted by Crippen LogP contribution is 2.44. The number of fused-ring (bicyclic) bond motifs is 1. The van der Waals surface area contributed by atoms with Crippen LogP contribution in [0.5, 0.6) is 0 Å². The summed E-state index contributed by atoms with van der Waals surface area (Å²) < 4.78 is 83.8. The van der Waals surface area contributed by atoms with Crippen molar-refractivity contribution in [1.29, 1.82) is 0 Å². The summed E-state index contributed by atoms with van der Waals surface area (Å²) >= 11 is 0. The number of aryl methyl sites for hydroxylation is 2. The third-order valence-electron chi connectivity index (χ3n) is 5.34. The Labute approximate surface area is 194 Å². The van der Waals surface area contributed by atoms with E-state index in [4.69, 9.17) is 0 Å². The van der Waals surface area contributed by atoms with E-state index in [0.29, 0.717) is 17.3 Å². The van der Waals surface area contributed by atoms with E-state index in [2.05, 4.69) is 20.5 Å². The van der Waals surface area contributed by atoms with Crippen molar-refractivity contribution in [1.82, 2.24) is 29.7 Å². The number of rotatable bonds is 5. The average Bonchev–Trinajstić information content (AvgIpc) is 3.35. The lowest BCUT2D eigenvalue weighted by Crippen LogP contribution is -2.36. The van der Waals surface area contributed by atoms with E-state index in [0.717, 1.165) is 18.2 Å². The number of carbonyl (C=O) groups is 1. The molecule has 1 unspecified atom stereocenters. The second-order valence-electron chi connectivity index (χ2n) is 7.94. The van der Waals surface area contributed by atoms with Gasteiger partial charge in [0.2, 0.25) is 0 Å². The highest BCUT2D eigenvalue weighted by Gasteiger charge is 2.60. The molecule has 1 amide bonds. The summed E-state index contributed by atoms with van der Waals surface area (Å²) in [7, 11) is 1.69. The van der Waals surface area contributed by atoms with Crippen molar-refractivity contribution in [2.45, 2.75) is 32.0 Å². The minimum absolute atomic E-state index is 0.0981. The molecule has 0 fully saturated rings. The van der Waals surface area contributed by atoms with Crippen molar-refractivity contribution in [2.75, 3.05) is 0 Å². The van der Waals surface area contributed by atoms with Crippen LogP contribution < -0.4 is 5.32 Å². The van der Waals surface area contributed by atoms with Gasteiger partial charge in [-0.05, 0) is 44.2 Å². The quantitative estimate of drug-likeness (QED) is 0.406. The predicted octanol–water partition coefficient (Wildman–Crippen LogP) is 4.72. The summed E-state index contributed by atoms with van der Waals surface area (Å²) in [5.41, 5.74) is -1.21. The maximum absolute atomic E-state index is 14.5. The number of halogens is 6. The van der Waals surface area contributed by atoms with E-state index >= 15 is 0 Å². The van der Waals surface area contributed by atoms with Crippen molar-refractivity contribution in [3.63, 3.8) is 0 Å². The molecule has 7 nitrogen and oxygen atoms in total. The molecule has 0 aliphatic rings. The number of hydrogen-bond donors (Lipinski definition) is 1. The van der Waals surface area contributed by atoms with Crippen molar-refractivity contribution < 1.29 is 31.1 Å². The average molecular weight is 496 g/mol. The van der Waals surface area contributed by atoms with Crippen molar-refractivity contribution in [3.8, 4) is 11.3 Å². The molecule has 1 aromatic carbocycles. The zero-order valence-electron chi connectivity index (χ0n) is 18.5. The Balaban J connectivity index is 1.80. The van der Waals surface area contributed by atoms with Gasteiger partial charge in [-0.15, -0.1) is 0 Å². The van der Waals surface area contributed by atoms with E-state index in [-0.39, 0.29) is 15.8 Å². The second kappa shape index (κ2) is 8.40. The van der Waals surface area contributed by atoms with Crippen LogP contribution in [0.4, 0.5) is 26.3 Å². The van der Waals surface area contributed by atoms with Gasteiger partial charge in [0.1, 0.15) is 11.5 Å². The molecule has 13 heteroatoms. The SMILES string of the molecule is Cc1nn(C)cc1C(C)NC(=O)c1cc2nc(-c3ccc(F)cc3)cc(C(F)(F)C(F)(F)F)n2n1. The van der Waals surface area contributed by atoms with Gasteiger partial charge in [0.05, 0.1) is 17.4 Å². The number of nitrogens with one attached hydrogen (secondary N) is 1. The maximum atomic E-state index is 14.5. The summed E-state index contributed by atoms with van der Waals surface area (Å²) in [6.07, 6.45) is -4.26. The van der Waals surface area contributed by atoms with Crippen LogP contribution in [0.3, 0.4) is 0 Å². The number of benzene rings is 1. The highest BCUT2D eigenvalue weighted by atomic mass is 19.4. The summed E-state index contributed by atoms with van der Waals surface area (Å²) in [5, 5.41) is 10.5. The molecule has 0 radical (unpaired) electrons. The van der Waals surface area contributed by atoms with E-state index < -0.39 is 46.9 Å². The van der Waals surface area contributed by atoms with E-state index in [1.54, 1.807) is 31.8 Å². The Morgan fingerprint density at radius 3 is 2.29 bits per heavy atom. The first-order valence-electron chi connectivity index (χ1n) is 10.2. The molecule has 0 saturated carbocycles. The van der Waals surface area contributed by atoms with Crippen LogP contribution in [0.2, 0.25) is 0 Å². The van der Waals surface area contributed by atoms with Crippen molar-refractivity contribution in [2.24, 2.45) is 7.05 Å². The van der Waals surface area contributed by atoms with Crippen LogP contribution in [-0.4, -0.2) is 36.5 Å². The van der Waals surface area contributed by atoms with E-state index in [1.807, 2.05) is 0 Å². The van der Waals surface area contributed by atoms with Gasteiger partial charge in [-0.25, -0.2) is 13.9 Å². The van der Waals surface area contributed by atoms with Crippen LogP contribution in [-0.2, 0) is 13.0 Å². The fourth-order valence-electron chi connectivity index (χ4n) is 3.61. The van der Waals surface area contributed by atoms with Gasteiger partial charge in [-0.2, -0.15) is 32.1 Å². The van der Waals surface area contributed by atoms with Crippen LogP contribution >= 0.6 is 0 Å². The smallest absolute Gasteiger partial charge is 0.344 e. The lowest BCUT2D eigenvalue weighted by atomic mass is 10.1. The summed E-state index contributed by atoms with van der Waals surface area (Å²) in [4.78, 5) is 16.8. The minimum atomic E-state index is -5.94. The van der Waals surface area contributed by atoms with Gasteiger partial charge in [-0.3, -0.25) is 9.48 Å². The fraction of sp³-hybridized carbons (Fsp3) is 0.273. The van der Waals surface area contributed by atoms with Crippen molar-refractivity contribution >= 4 is 11.6 Å². The summed E-state index contributed by atoms with van der Waals surface area (Å²) in [5.74, 6) is -6.75. The third-order valence-corrected chi connectivity index (χ3v) is 5.34. The van der Waals surface area contributed by atoms with Crippen LogP contribution in [0.25, 0.3) is 16.9 Å². The fourth-order valence-corrected chi connectivity index (χ4v) is 3.61. The zero-order valence-corrected chi connectivity index (χ0v) is 18.5. The molecule has 35 heavy (non-hydrogen) atoms. The Hall–Kier alpha value is -3.90. The molecule has 0 saturated heterocycles. The van der Waals surface area contributed by atoms with Gasteiger partial charge in [-0.1, -0.05) is 0 Å². The first kappa shape index (κ1) is 24.2. The first-order chi connectivity index (χ1) is 16.3. The summed E-state index contributed by atoms with van der Waals surface area (Å²) in [6, 6.07) is 5.36. The molecule has 3 heterocycles. The Morgan fingerprint density at radius 1 is 1.06 bits per heavy atom. The molecule has 0 aliphatic heterocycles. The minimum Gasteiger partial charge on any atom is -0.344 e. The summed E-state index contributed by atoms with van der Waals surface area (Å²) in [6.45, 7) is 3.39. The number of nitrogens with zero attached hydrogens (tertiary/aromatic N) is 5. The largest absolute Gasteiger partial charge is 0.459 e. The number of hydrogen-bond acceptors (Lipinski definition) is 4. The maximum Gasteiger partial charge on any atom is 0.459 e. The zero-order chi connectivity index (χ0) is 25.7. The first-order valence-corrected chi connectivity index (χ1v) is 10.2. The third kappa shape index (κ3) is 4.45. The number of aromatic nitrogens is 5. The number of alkyl halides is 5. The van der Waals surface area contributed by atoms with Gasteiger partial charge >= 0.3 is 12.1 Å². The van der Waals surface area contributed by atoms with Crippen LogP contribution in [0, 0.1) is 12.7 Å².